The van der Waals surface area contributed by atoms with Crippen LogP contribution in [0.4, 0.5) is 4.79 Å². The summed E-state index contributed by atoms with van der Waals surface area (Å²) in [5.74, 6) is -1.40. The van der Waals surface area contributed by atoms with Gasteiger partial charge in [-0.05, 0) is 20.9 Å². The molecule has 2 amide bonds. The fourth-order valence-electron chi connectivity index (χ4n) is 2.36. The Morgan fingerprint density at radius 2 is 2.05 bits per heavy atom. The maximum atomic E-state index is 12.4. The van der Waals surface area contributed by atoms with Crippen LogP contribution in [0, 0.1) is 5.92 Å². The molecule has 0 saturated carbocycles. The van der Waals surface area contributed by atoms with E-state index >= 15 is 0 Å². The molecule has 1 heterocycles. The Balaban J connectivity index is 2.65. The summed E-state index contributed by atoms with van der Waals surface area (Å²) in [5, 5.41) is 8.95. The van der Waals surface area contributed by atoms with Crippen molar-refractivity contribution in [1.82, 2.24) is 14.7 Å². The largest absolute Gasteiger partial charge is 0.481 e. The Hall–Kier alpha value is -1.30. The van der Waals surface area contributed by atoms with E-state index < -0.39 is 11.9 Å². The molecule has 1 N–H and O–H groups in total. The van der Waals surface area contributed by atoms with Crippen molar-refractivity contribution in [1.29, 1.82) is 0 Å². The zero-order chi connectivity index (χ0) is 14.6. The number of piperazine rings is 1. The molecule has 1 aliphatic rings. The molecule has 6 nitrogen and oxygen atoms in total. The number of carbonyl (C=O) groups excluding carboxylic acids is 1. The van der Waals surface area contributed by atoms with E-state index in [1.807, 2.05) is 25.8 Å². The highest BCUT2D eigenvalue weighted by molar-refractivity contribution is 5.76. The average molecular weight is 271 g/mol. The minimum atomic E-state index is -0.863. The zero-order valence-corrected chi connectivity index (χ0v) is 12.3. The molecule has 1 aliphatic heterocycles. The van der Waals surface area contributed by atoms with Crippen molar-refractivity contribution < 1.29 is 14.7 Å². The first-order valence-electron chi connectivity index (χ1n) is 6.83. The van der Waals surface area contributed by atoms with Crippen LogP contribution in [-0.4, -0.2) is 77.6 Å². The monoisotopic (exact) mass is 271 g/mol. The number of carboxylic acid groups (broad SMARTS) is 1. The van der Waals surface area contributed by atoms with Gasteiger partial charge in [0.25, 0.3) is 0 Å². The SMILES string of the molecule is CCN(CC(C)C(=O)O)C(=O)N1CCN(C)CC1C. The van der Waals surface area contributed by atoms with Crippen molar-refractivity contribution in [2.45, 2.75) is 26.8 Å². The van der Waals surface area contributed by atoms with Crippen molar-refractivity contribution in [3.63, 3.8) is 0 Å². The minimum absolute atomic E-state index is 0.0452. The van der Waals surface area contributed by atoms with Gasteiger partial charge >= 0.3 is 12.0 Å². The van der Waals surface area contributed by atoms with E-state index in [1.165, 1.54) is 0 Å². The lowest BCUT2D eigenvalue weighted by molar-refractivity contribution is -0.141. The molecule has 2 atom stereocenters. The quantitative estimate of drug-likeness (QED) is 0.821. The predicted molar refractivity (Wildman–Crippen MR) is 73.1 cm³/mol. The summed E-state index contributed by atoms with van der Waals surface area (Å²) >= 11 is 0. The summed E-state index contributed by atoms with van der Waals surface area (Å²) in [6.07, 6.45) is 0. The number of rotatable bonds is 4. The second-order valence-electron chi connectivity index (χ2n) is 5.37. The number of carbonyl (C=O) groups is 2. The molecule has 1 saturated heterocycles. The van der Waals surface area contributed by atoms with Crippen LogP contribution in [0.15, 0.2) is 0 Å². The van der Waals surface area contributed by atoms with Crippen LogP contribution in [0.3, 0.4) is 0 Å². The Labute approximate surface area is 115 Å². The zero-order valence-electron chi connectivity index (χ0n) is 12.3. The number of amides is 2. The lowest BCUT2D eigenvalue weighted by Gasteiger charge is -2.40. The van der Waals surface area contributed by atoms with Gasteiger partial charge in [0.1, 0.15) is 0 Å². The number of likely N-dealkylation sites (N-methyl/N-ethyl adjacent to an activating group) is 1. The predicted octanol–water partition coefficient (Wildman–Crippen LogP) is 0.785. The van der Waals surface area contributed by atoms with Crippen LogP contribution < -0.4 is 0 Å². The van der Waals surface area contributed by atoms with Crippen molar-refractivity contribution in [2.75, 3.05) is 39.8 Å². The van der Waals surface area contributed by atoms with Crippen molar-refractivity contribution in [3.8, 4) is 0 Å². The molecule has 0 bridgehead atoms. The summed E-state index contributed by atoms with van der Waals surface area (Å²) in [6.45, 7) is 8.77. The Morgan fingerprint density at radius 3 is 2.53 bits per heavy atom. The van der Waals surface area contributed by atoms with Crippen LogP contribution in [0.5, 0.6) is 0 Å². The molecule has 0 spiro atoms. The van der Waals surface area contributed by atoms with Gasteiger partial charge in [0, 0.05) is 38.8 Å². The Bertz CT molecular complexity index is 335. The molecule has 0 aliphatic carbocycles. The van der Waals surface area contributed by atoms with E-state index in [0.717, 1.165) is 13.1 Å². The third-order valence-electron chi connectivity index (χ3n) is 3.64. The van der Waals surface area contributed by atoms with E-state index in [0.29, 0.717) is 13.1 Å². The summed E-state index contributed by atoms with van der Waals surface area (Å²) in [4.78, 5) is 29.0. The van der Waals surface area contributed by atoms with Crippen LogP contribution >= 0.6 is 0 Å². The average Bonchev–Trinajstić information content (AvgIpc) is 2.34. The number of aliphatic carboxylic acids is 1. The van der Waals surface area contributed by atoms with E-state index in [9.17, 15) is 9.59 Å². The number of carboxylic acids is 1. The summed E-state index contributed by atoms with van der Waals surface area (Å²) in [6, 6.07) is 0.122. The highest BCUT2D eigenvalue weighted by atomic mass is 16.4. The van der Waals surface area contributed by atoms with Crippen molar-refractivity contribution in [2.24, 2.45) is 5.92 Å². The molecular formula is C13H25N3O3. The first-order valence-corrected chi connectivity index (χ1v) is 6.83. The third kappa shape index (κ3) is 4.09. The highest BCUT2D eigenvalue weighted by Gasteiger charge is 2.29. The summed E-state index contributed by atoms with van der Waals surface area (Å²) in [5.41, 5.74) is 0. The van der Waals surface area contributed by atoms with Gasteiger partial charge < -0.3 is 19.8 Å². The number of nitrogens with zero attached hydrogens (tertiary/aromatic N) is 3. The van der Waals surface area contributed by atoms with E-state index in [-0.39, 0.29) is 18.6 Å². The minimum Gasteiger partial charge on any atom is -0.481 e. The second kappa shape index (κ2) is 6.75. The molecule has 19 heavy (non-hydrogen) atoms. The lowest BCUT2D eigenvalue weighted by atomic mass is 10.1. The van der Waals surface area contributed by atoms with Gasteiger partial charge in [0.05, 0.1) is 5.92 Å². The van der Waals surface area contributed by atoms with Crippen molar-refractivity contribution >= 4 is 12.0 Å². The normalized spacial score (nSPS) is 22.1. The third-order valence-corrected chi connectivity index (χ3v) is 3.64. The Kier molecular flexibility index (Phi) is 5.60. The van der Waals surface area contributed by atoms with Crippen LogP contribution in [0.2, 0.25) is 0 Å². The molecule has 6 heteroatoms. The van der Waals surface area contributed by atoms with Crippen LogP contribution in [0.25, 0.3) is 0 Å². The highest BCUT2D eigenvalue weighted by Crippen LogP contribution is 2.12. The molecule has 2 unspecified atom stereocenters. The standard InChI is InChI=1S/C13H25N3O3/c1-5-15(8-10(2)12(17)18)13(19)16-7-6-14(4)9-11(16)3/h10-11H,5-9H2,1-4H3,(H,17,18). The lowest BCUT2D eigenvalue weighted by Crippen LogP contribution is -2.57. The number of urea groups is 1. The van der Waals surface area contributed by atoms with Gasteiger partial charge in [-0.25, -0.2) is 4.79 Å². The molecule has 0 aromatic heterocycles. The van der Waals surface area contributed by atoms with Crippen LogP contribution in [-0.2, 0) is 4.79 Å². The fraction of sp³-hybridized carbons (Fsp3) is 0.846. The van der Waals surface area contributed by atoms with Gasteiger partial charge in [0.15, 0.2) is 0 Å². The van der Waals surface area contributed by atoms with E-state index in [1.54, 1.807) is 11.8 Å². The van der Waals surface area contributed by atoms with E-state index in [2.05, 4.69) is 4.90 Å². The summed E-state index contributed by atoms with van der Waals surface area (Å²) < 4.78 is 0. The molecular weight excluding hydrogens is 246 g/mol. The maximum Gasteiger partial charge on any atom is 0.320 e. The topological polar surface area (TPSA) is 64.1 Å². The second-order valence-corrected chi connectivity index (χ2v) is 5.37. The molecule has 0 aromatic carbocycles. The number of hydrogen-bond acceptors (Lipinski definition) is 3. The molecule has 1 fully saturated rings. The van der Waals surface area contributed by atoms with Crippen LogP contribution in [0.1, 0.15) is 20.8 Å². The molecule has 1 rings (SSSR count). The van der Waals surface area contributed by atoms with Gasteiger partial charge in [-0.1, -0.05) is 6.92 Å². The first-order chi connectivity index (χ1) is 8.86. The van der Waals surface area contributed by atoms with Gasteiger partial charge in [-0.2, -0.15) is 0 Å². The molecule has 110 valence electrons. The number of hydrogen-bond donors (Lipinski definition) is 1. The first kappa shape index (κ1) is 15.8. The molecule has 0 radical (unpaired) electrons. The van der Waals surface area contributed by atoms with E-state index in [4.69, 9.17) is 5.11 Å². The van der Waals surface area contributed by atoms with Crippen molar-refractivity contribution in [3.05, 3.63) is 0 Å². The van der Waals surface area contributed by atoms with Gasteiger partial charge in [0.2, 0.25) is 0 Å². The Morgan fingerprint density at radius 1 is 1.42 bits per heavy atom. The van der Waals surface area contributed by atoms with Gasteiger partial charge in [-0.15, -0.1) is 0 Å². The van der Waals surface area contributed by atoms with Gasteiger partial charge in [-0.3, -0.25) is 4.79 Å². The smallest absolute Gasteiger partial charge is 0.320 e. The summed E-state index contributed by atoms with van der Waals surface area (Å²) in [7, 11) is 2.04. The fourth-order valence-corrected chi connectivity index (χ4v) is 2.36. The molecule has 0 aromatic rings. The maximum absolute atomic E-state index is 12.4.